The molecule has 7 nitrogen and oxygen atoms in total. The zero-order chi connectivity index (χ0) is 9.94. The third-order valence-electron chi connectivity index (χ3n) is 1.33. The van der Waals surface area contributed by atoms with Crippen LogP contribution >= 0.6 is 8.03 Å². The fraction of sp³-hybridized carbons (Fsp3) is 0.750. The van der Waals surface area contributed by atoms with Crippen molar-refractivity contribution in [3.8, 4) is 0 Å². The van der Waals surface area contributed by atoms with Gasteiger partial charge in [0.15, 0.2) is 6.10 Å². The number of aliphatic hydroxyl groups excluding tert-OH is 2. The molecule has 0 rings (SSSR count). The summed E-state index contributed by atoms with van der Waals surface area (Å²) in [7, 11) is -3.56. The number of carboxylic acids is 1. The number of rotatable bonds is 4. The van der Waals surface area contributed by atoms with E-state index in [2.05, 4.69) is 0 Å². The molecule has 0 amide bonds. The monoisotopic (exact) mass is 197 g/mol. The number of hydrogen-bond acceptors (Lipinski definition) is 6. The molecule has 8 heteroatoms. The van der Waals surface area contributed by atoms with Gasteiger partial charge in [-0.05, 0) is 0 Å². The van der Waals surface area contributed by atoms with Crippen molar-refractivity contribution in [3.05, 3.63) is 0 Å². The molecule has 3 unspecified atom stereocenters. The van der Waals surface area contributed by atoms with Crippen molar-refractivity contribution < 1.29 is 29.6 Å². The molecule has 70 valence electrons. The fourth-order valence-corrected chi connectivity index (χ4v) is 0.963. The van der Waals surface area contributed by atoms with Gasteiger partial charge in [-0.1, -0.05) is 4.57 Å². The summed E-state index contributed by atoms with van der Waals surface area (Å²) in [6.45, 7) is -1.04. The van der Waals surface area contributed by atoms with Gasteiger partial charge in [-0.3, -0.25) is 5.73 Å². The molecule has 0 fully saturated rings. The van der Waals surface area contributed by atoms with E-state index in [9.17, 15) is 14.3 Å². The minimum absolute atomic E-state index is 1.04. The van der Waals surface area contributed by atoms with Gasteiger partial charge in [-0.25, -0.2) is 4.79 Å². The van der Waals surface area contributed by atoms with Crippen LogP contribution in [0.4, 0.5) is 0 Å². The quantitative estimate of drug-likeness (QED) is 0.356. The average molecular weight is 197 g/mol. The second kappa shape index (κ2) is 3.88. The van der Waals surface area contributed by atoms with Crippen molar-refractivity contribution in [2.45, 2.75) is 11.4 Å². The van der Waals surface area contributed by atoms with E-state index in [1.54, 1.807) is 0 Å². The smallest absolute Gasteiger partial charge is 0.377 e. The van der Waals surface area contributed by atoms with Gasteiger partial charge >= 0.3 is 19.3 Å². The predicted octanol–water partition coefficient (Wildman–Crippen LogP) is -2.82. The van der Waals surface area contributed by atoms with E-state index in [0.717, 1.165) is 0 Å². The highest BCUT2D eigenvalue weighted by Gasteiger charge is 2.54. The van der Waals surface area contributed by atoms with Crippen molar-refractivity contribution in [2.75, 3.05) is 6.61 Å². The summed E-state index contributed by atoms with van der Waals surface area (Å²) in [5.41, 5.74) is 4.83. The summed E-state index contributed by atoms with van der Waals surface area (Å²) in [5, 5.41) is 22.6. The summed E-state index contributed by atoms with van der Waals surface area (Å²) >= 11 is 0. The zero-order valence-corrected chi connectivity index (χ0v) is 6.77. The summed E-state index contributed by atoms with van der Waals surface area (Å²) < 4.78 is 10.3. The first kappa shape index (κ1) is 11.4. The van der Waals surface area contributed by atoms with Crippen LogP contribution in [0.15, 0.2) is 0 Å². The summed E-state index contributed by atoms with van der Waals surface area (Å²) in [6, 6.07) is 0. The molecule has 0 radical (unpaired) electrons. The molecule has 12 heavy (non-hydrogen) atoms. The van der Waals surface area contributed by atoms with E-state index in [1.807, 2.05) is 0 Å². The molecule has 0 aromatic carbocycles. The molecule has 0 saturated heterocycles. The van der Waals surface area contributed by atoms with Gasteiger partial charge in [0, 0.05) is 0 Å². The van der Waals surface area contributed by atoms with E-state index in [4.69, 9.17) is 21.1 Å². The molecule has 0 aliphatic heterocycles. The van der Waals surface area contributed by atoms with Crippen molar-refractivity contribution in [1.29, 1.82) is 0 Å². The number of aliphatic carboxylic acids is 1. The lowest BCUT2D eigenvalue weighted by molar-refractivity contribution is -0.178. The van der Waals surface area contributed by atoms with Crippen LogP contribution in [-0.4, -0.2) is 39.3 Å². The Hall–Kier alpha value is -0.590. The molecule has 0 aromatic rings. The second-order valence-electron chi connectivity index (χ2n) is 2.09. The fourth-order valence-electron chi connectivity index (χ4n) is 0.481. The molecular formula is C4H8NO6P. The van der Waals surface area contributed by atoms with Gasteiger partial charge in [0.2, 0.25) is 0 Å². The van der Waals surface area contributed by atoms with Crippen LogP contribution in [0.2, 0.25) is 0 Å². The number of aliphatic hydroxyl groups is 2. The van der Waals surface area contributed by atoms with E-state index in [0.29, 0.717) is 0 Å². The molecule has 0 aromatic heterocycles. The maximum absolute atomic E-state index is 10.3. The highest BCUT2D eigenvalue weighted by molar-refractivity contribution is 7.40. The van der Waals surface area contributed by atoms with E-state index in [-0.39, 0.29) is 0 Å². The minimum Gasteiger partial charge on any atom is -0.593 e. The van der Waals surface area contributed by atoms with Crippen LogP contribution < -0.4 is 10.6 Å². The van der Waals surface area contributed by atoms with E-state index in [1.165, 1.54) is 0 Å². The third-order valence-corrected chi connectivity index (χ3v) is 2.42. The van der Waals surface area contributed by atoms with E-state index >= 15 is 0 Å². The SMILES string of the molecule is NC(C(=O)O)(C(O)CO)[P+](=O)[O-]. The second-order valence-corrected chi connectivity index (χ2v) is 3.34. The summed E-state index contributed by atoms with van der Waals surface area (Å²) in [4.78, 5) is 20.6. The standard InChI is InChI=1S/C4H8NO6P/c5-4(3(8)9,12(10)11)2(7)1-6/h2,6-7H,1,5H2,(H,8,9). The summed E-state index contributed by atoms with van der Waals surface area (Å²) in [6.07, 6.45) is -2.03. The van der Waals surface area contributed by atoms with Crippen molar-refractivity contribution in [1.82, 2.24) is 0 Å². The van der Waals surface area contributed by atoms with Crippen molar-refractivity contribution in [2.24, 2.45) is 5.73 Å². The average Bonchev–Trinajstić information content (AvgIpc) is 2.00. The lowest BCUT2D eigenvalue weighted by atomic mass is 10.2. The van der Waals surface area contributed by atoms with Crippen LogP contribution in [0, 0.1) is 0 Å². The topological polar surface area (TPSA) is 144 Å². The molecule has 5 N–H and O–H groups in total. The number of carboxylic acid groups (broad SMARTS) is 1. The van der Waals surface area contributed by atoms with Gasteiger partial charge < -0.3 is 20.2 Å². The highest BCUT2D eigenvalue weighted by Crippen LogP contribution is 2.29. The number of carbonyl (C=O) groups is 1. The van der Waals surface area contributed by atoms with Gasteiger partial charge in [0.05, 0.1) is 6.61 Å². The maximum atomic E-state index is 10.3. The Balaban J connectivity index is 4.87. The first-order valence-electron chi connectivity index (χ1n) is 2.83. The Kier molecular flexibility index (Phi) is 3.69. The van der Waals surface area contributed by atoms with Crippen molar-refractivity contribution in [3.63, 3.8) is 0 Å². The Bertz CT molecular complexity index is 192. The largest absolute Gasteiger partial charge is 0.593 e. The van der Waals surface area contributed by atoms with Gasteiger partial charge in [-0.15, -0.1) is 0 Å². The minimum atomic E-state index is -3.56. The maximum Gasteiger partial charge on any atom is 0.377 e. The molecular weight excluding hydrogens is 189 g/mol. The molecule has 0 aliphatic carbocycles. The molecule has 0 bridgehead atoms. The Morgan fingerprint density at radius 2 is 2.17 bits per heavy atom. The van der Waals surface area contributed by atoms with Gasteiger partial charge in [-0.2, -0.15) is 0 Å². The molecule has 0 aliphatic rings. The Morgan fingerprint density at radius 1 is 1.75 bits per heavy atom. The lowest BCUT2D eigenvalue weighted by Gasteiger charge is -2.19. The van der Waals surface area contributed by atoms with Crippen LogP contribution in [0.1, 0.15) is 0 Å². The molecule has 0 saturated carbocycles. The van der Waals surface area contributed by atoms with Gasteiger partial charge in [0.25, 0.3) is 0 Å². The van der Waals surface area contributed by atoms with Crippen LogP contribution in [-0.2, 0) is 9.36 Å². The normalized spacial score (nSPS) is 19.5. The lowest BCUT2D eigenvalue weighted by Crippen LogP contribution is -2.57. The number of nitrogens with two attached hydrogens (primary N) is 1. The Labute approximate surface area is 68.3 Å². The highest BCUT2D eigenvalue weighted by atomic mass is 31.1. The summed E-state index contributed by atoms with van der Waals surface area (Å²) in [5.74, 6) is -1.90. The van der Waals surface area contributed by atoms with Crippen LogP contribution in [0.25, 0.3) is 0 Å². The first-order chi connectivity index (χ1) is 5.37. The van der Waals surface area contributed by atoms with Crippen molar-refractivity contribution >= 4 is 14.0 Å². The zero-order valence-electron chi connectivity index (χ0n) is 5.88. The third kappa shape index (κ3) is 1.77. The van der Waals surface area contributed by atoms with Gasteiger partial charge in [0.1, 0.15) is 0 Å². The molecule has 3 atom stereocenters. The first-order valence-corrected chi connectivity index (χ1v) is 4.00. The molecule has 0 heterocycles. The van der Waals surface area contributed by atoms with Crippen LogP contribution in [0.3, 0.4) is 0 Å². The Morgan fingerprint density at radius 3 is 2.25 bits per heavy atom. The van der Waals surface area contributed by atoms with Crippen LogP contribution in [0.5, 0.6) is 0 Å². The predicted molar refractivity (Wildman–Crippen MR) is 35.3 cm³/mol. The number of hydrogen-bond donors (Lipinski definition) is 4. The molecule has 0 spiro atoms. The van der Waals surface area contributed by atoms with E-state index < -0.39 is 32.0 Å².